The largest absolute Gasteiger partial charge is 0.496 e. The maximum atomic E-state index is 13.0. The summed E-state index contributed by atoms with van der Waals surface area (Å²) in [6.07, 6.45) is 0. The Hall–Kier alpha value is -3.29. The molecule has 0 fully saturated rings. The quantitative estimate of drug-likeness (QED) is 0.379. The predicted octanol–water partition coefficient (Wildman–Crippen LogP) is 2.60. The molecule has 2 N–H and O–H groups in total. The number of rotatable bonds is 6. The number of aromatic nitrogens is 2. The van der Waals surface area contributed by atoms with Crippen molar-refractivity contribution in [2.45, 2.75) is 6.04 Å². The second-order valence-corrected chi connectivity index (χ2v) is 7.50. The second kappa shape index (κ2) is 8.22. The molecule has 1 amide bonds. The first-order valence-electron chi connectivity index (χ1n) is 9.74. The zero-order valence-corrected chi connectivity index (χ0v) is 17.2. The molecule has 1 heterocycles. The van der Waals surface area contributed by atoms with Crippen molar-refractivity contribution < 1.29 is 14.6 Å². The van der Waals surface area contributed by atoms with E-state index in [1.807, 2.05) is 55.4 Å². The maximum Gasteiger partial charge on any atom is 0.253 e. The van der Waals surface area contributed by atoms with E-state index in [9.17, 15) is 9.90 Å². The van der Waals surface area contributed by atoms with Gasteiger partial charge in [0.1, 0.15) is 11.3 Å². The Labute approximate surface area is 174 Å². The molecule has 7 heteroatoms. The number of hydrogen-bond acceptors (Lipinski definition) is 6. The Balaban J connectivity index is 1.86. The van der Waals surface area contributed by atoms with Crippen molar-refractivity contribution in [3.8, 4) is 5.75 Å². The molecule has 0 spiro atoms. The van der Waals surface area contributed by atoms with E-state index in [4.69, 9.17) is 14.7 Å². The second-order valence-electron chi connectivity index (χ2n) is 7.50. The maximum absolute atomic E-state index is 13.0. The number of benzene rings is 3. The van der Waals surface area contributed by atoms with Gasteiger partial charge in [0.05, 0.1) is 41.9 Å². The standard InChI is InChI=1S/C23H24N4O3/c1-27(2)12-14(13-28)24-23(29)17-7-4-8-18-22(17)26-21-16-6-5-9-20(30-3)15(16)10-11-19(21)25-18/h4-11,14,28H,12-13H2,1-3H3,(H,24,29)/t14-/m0/s1. The Morgan fingerprint density at radius 3 is 2.53 bits per heavy atom. The Kier molecular flexibility index (Phi) is 5.48. The zero-order valence-electron chi connectivity index (χ0n) is 17.2. The van der Waals surface area contributed by atoms with E-state index in [1.54, 1.807) is 19.2 Å². The summed E-state index contributed by atoms with van der Waals surface area (Å²) < 4.78 is 5.47. The first-order valence-corrected chi connectivity index (χ1v) is 9.74. The van der Waals surface area contributed by atoms with E-state index in [0.29, 0.717) is 28.7 Å². The van der Waals surface area contributed by atoms with Crippen molar-refractivity contribution in [3.05, 3.63) is 54.1 Å². The van der Waals surface area contributed by atoms with Crippen molar-refractivity contribution in [2.24, 2.45) is 0 Å². The topological polar surface area (TPSA) is 87.6 Å². The molecule has 4 rings (SSSR count). The van der Waals surface area contributed by atoms with Crippen LogP contribution in [0.4, 0.5) is 0 Å². The summed E-state index contributed by atoms with van der Waals surface area (Å²) in [4.78, 5) is 24.5. The first-order chi connectivity index (χ1) is 14.5. The van der Waals surface area contributed by atoms with E-state index in [2.05, 4.69) is 5.32 Å². The van der Waals surface area contributed by atoms with Gasteiger partial charge in [0, 0.05) is 17.3 Å². The van der Waals surface area contributed by atoms with Crippen LogP contribution in [-0.2, 0) is 0 Å². The summed E-state index contributed by atoms with van der Waals surface area (Å²) in [5.41, 5.74) is 3.07. The molecule has 0 aliphatic heterocycles. The third-order valence-electron chi connectivity index (χ3n) is 5.06. The molecule has 0 saturated carbocycles. The van der Waals surface area contributed by atoms with Gasteiger partial charge in [-0.2, -0.15) is 0 Å². The van der Waals surface area contributed by atoms with E-state index in [1.165, 1.54) is 0 Å². The third kappa shape index (κ3) is 3.65. The van der Waals surface area contributed by atoms with Gasteiger partial charge >= 0.3 is 0 Å². The molecular weight excluding hydrogens is 380 g/mol. The number of aliphatic hydroxyl groups excluding tert-OH is 1. The fourth-order valence-corrected chi connectivity index (χ4v) is 3.70. The van der Waals surface area contributed by atoms with Crippen molar-refractivity contribution in [3.63, 3.8) is 0 Å². The highest BCUT2D eigenvalue weighted by atomic mass is 16.5. The minimum atomic E-state index is -0.374. The molecule has 0 aliphatic rings. The summed E-state index contributed by atoms with van der Waals surface area (Å²) in [6.45, 7) is 0.389. The molecule has 7 nitrogen and oxygen atoms in total. The van der Waals surface area contributed by atoms with Crippen LogP contribution in [0.3, 0.4) is 0 Å². The summed E-state index contributed by atoms with van der Waals surface area (Å²) in [5.74, 6) is 0.477. The molecule has 1 atom stereocenters. The molecule has 0 unspecified atom stereocenters. The fraction of sp³-hybridized carbons (Fsp3) is 0.261. The lowest BCUT2D eigenvalue weighted by molar-refractivity contribution is 0.0906. The number of likely N-dealkylation sites (N-methyl/N-ethyl adjacent to an activating group) is 1. The lowest BCUT2D eigenvalue weighted by Crippen LogP contribution is -2.44. The smallest absolute Gasteiger partial charge is 0.253 e. The molecule has 1 aromatic heterocycles. The molecular formula is C23H24N4O3. The highest BCUT2D eigenvalue weighted by Crippen LogP contribution is 2.31. The highest BCUT2D eigenvalue weighted by molar-refractivity contribution is 6.11. The molecule has 0 saturated heterocycles. The van der Waals surface area contributed by atoms with Crippen molar-refractivity contribution in [1.82, 2.24) is 20.2 Å². The van der Waals surface area contributed by atoms with Crippen LogP contribution < -0.4 is 10.1 Å². The number of fused-ring (bicyclic) bond motifs is 4. The van der Waals surface area contributed by atoms with Crippen LogP contribution in [-0.4, -0.2) is 66.3 Å². The van der Waals surface area contributed by atoms with Crippen LogP contribution >= 0.6 is 0 Å². The number of nitrogens with one attached hydrogen (secondary N) is 1. The van der Waals surface area contributed by atoms with Gasteiger partial charge in [0.2, 0.25) is 0 Å². The zero-order chi connectivity index (χ0) is 21.3. The van der Waals surface area contributed by atoms with Crippen LogP contribution in [0.5, 0.6) is 5.75 Å². The van der Waals surface area contributed by atoms with Crippen LogP contribution in [0.1, 0.15) is 10.4 Å². The molecule has 3 aromatic carbocycles. The minimum absolute atomic E-state index is 0.145. The Morgan fingerprint density at radius 2 is 1.80 bits per heavy atom. The summed E-state index contributed by atoms with van der Waals surface area (Å²) in [5, 5.41) is 14.4. The number of amides is 1. The van der Waals surface area contributed by atoms with Gasteiger partial charge < -0.3 is 20.1 Å². The summed E-state index contributed by atoms with van der Waals surface area (Å²) >= 11 is 0. The third-order valence-corrected chi connectivity index (χ3v) is 5.06. The van der Waals surface area contributed by atoms with Gasteiger partial charge in [-0.1, -0.05) is 18.2 Å². The average Bonchev–Trinajstić information content (AvgIpc) is 2.75. The number of nitrogens with zero attached hydrogens (tertiary/aromatic N) is 3. The van der Waals surface area contributed by atoms with Gasteiger partial charge in [-0.15, -0.1) is 0 Å². The summed E-state index contributed by atoms with van der Waals surface area (Å²) in [7, 11) is 5.42. The highest BCUT2D eigenvalue weighted by Gasteiger charge is 2.18. The average molecular weight is 404 g/mol. The van der Waals surface area contributed by atoms with Crippen LogP contribution in [0.25, 0.3) is 32.8 Å². The number of carbonyl (C=O) groups is 1. The van der Waals surface area contributed by atoms with Gasteiger partial charge in [0.25, 0.3) is 5.91 Å². The van der Waals surface area contributed by atoms with E-state index < -0.39 is 0 Å². The van der Waals surface area contributed by atoms with Crippen LogP contribution in [0.15, 0.2) is 48.5 Å². The molecule has 154 valence electrons. The predicted molar refractivity (Wildman–Crippen MR) is 118 cm³/mol. The Bertz CT molecular complexity index is 1240. The van der Waals surface area contributed by atoms with Crippen LogP contribution in [0.2, 0.25) is 0 Å². The number of hydrogen-bond donors (Lipinski definition) is 2. The van der Waals surface area contributed by atoms with Gasteiger partial charge in [0.15, 0.2) is 0 Å². The van der Waals surface area contributed by atoms with E-state index in [0.717, 1.165) is 22.0 Å². The monoisotopic (exact) mass is 404 g/mol. The van der Waals surface area contributed by atoms with Crippen LogP contribution in [0, 0.1) is 0 Å². The SMILES string of the molecule is COc1cccc2c1ccc1nc3cccc(C(=O)N[C@H](CO)CN(C)C)c3nc12. The van der Waals surface area contributed by atoms with Gasteiger partial charge in [-0.3, -0.25) is 4.79 Å². The van der Waals surface area contributed by atoms with Crippen molar-refractivity contribution in [2.75, 3.05) is 34.4 Å². The summed E-state index contributed by atoms with van der Waals surface area (Å²) in [6, 6.07) is 14.7. The minimum Gasteiger partial charge on any atom is -0.496 e. The lowest BCUT2D eigenvalue weighted by Gasteiger charge is -2.20. The number of methoxy groups -OCH3 is 1. The number of para-hydroxylation sites is 1. The number of aliphatic hydroxyl groups is 1. The van der Waals surface area contributed by atoms with Crippen molar-refractivity contribution >= 4 is 38.7 Å². The number of ether oxygens (including phenoxy) is 1. The molecule has 0 radical (unpaired) electrons. The molecule has 4 aromatic rings. The molecule has 0 aliphatic carbocycles. The van der Waals surface area contributed by atoms with Crippen molar-refractivity contribution in [1.29, 1.82) is 0 Å². The first kappa shape index (κ1) is 20.0. The molecule has 0 bridgehead atoms. The van der Waals surface area contributed by atoms with E-state index in [-0.39, 0.29) is 18.6 Å². The van der Waals surface area contributed by atoms with E-state index >= 15 is 0 Å². The molecule has 30 heavy (non-hydrogen) atoms. The fourth-order valence-electron chi connectivity index (χ4n) is 3.70. The Morgan fingerprint density at radius 1 is 1.03 bits per heavy atom. The lowest BCUT2D eigenvalue weighted by atomic mass is 10.1. The normalized spacial score (nSPS) is 12.6. The van der Waals surface area contributed by atoms with Gasteiger partial charge in [-0.25, -0.2) is 9.97 Å². The number of carbonyl (C=O) groups excluding carboxylic acids is 1. The van der Waals surface area contributed by atoms with Gasteiger partial charge in [-0.05, 0) is 44.4 Å².